The van der Waals surface area contributed by atoms with E-state index in [1.165, 1.54) is 23.1 Å². The number of rotatable bonds is 8. The van der Waals surface area contributed by atoms with Crippen LogP contribution >= 0.6 is 23.1 Å². The molecule has 1 atom stereocenters. The third-order valence-corrected chi connectivity index (χ3v) is 6.10. The third-order valence-electron chi connectivity index (χ3n) is 4.03. The van der Waals surface area contributed by atoms with Crippen molar-refractivity contribution < 1.29 is 4.79 Å². The highest BCUT2D eigenvalue weighted by molar-refractivity contribution is 7.99. The molecule has 5 nitrogen and oxygen atoms in total. The number of fused-ring (bicyclic) bond motifs is 1. The molecule has 0 fully saturated rings. The first-order chi connectivity index (χ1) is 11.9. The molecule has 0 unspecified atom stereocenters. The van der Waals surface area contributed by atoms with Gasteiger partial charge in [0.25, 0.3) is 5.56 Å². The Kier molecular flexibility index (Phi) is 6.84. The molecule has 0 aliphatic rings. The van der Waals surface area contributed by atoms with Gasteiger partial charge < -0.3 is 5.32 Å². The van der Waals surface area contributed by atoms with Crippen LogP contribution in [0.1, 0.15) is 37.1 Å². The molecule has 0 aliphatic heterocycles. The van der Waals surface area contributed by atoms with Crippen molar-refractivity contribution in [2.24, 2.45) is 0 Å². The first-order valence-electron chi connectivity index (χ1n) is 8.42. The predicted octanol–water partition coefficient (Wildman–Crippen LogP) is 3.66. The van der Waals surface area contributed by atoms with E-state index in [1.807, 2.05) is 20.8 Å². The number of hydrogen-bond acceptors (Lipinski definition) is 5. The van der Waals surface area contributed by atoms with E-state index in [4.69, 9.17) is 0 Å². The number of aromatic nitrogens is 2. The van der Waals surface area contributed by atoms with Crippen LogP contribution in [0.25, 0.3) is 10.2 Å². The summed E-state index contributed by atoms with van der Waals surface area (Å²) in [6.07, 6.45) is 3.66. The molecule has 1 N–H and O–H groups in total. The van der Waals surface area contributed by atoms with Gasteiger partial charge in [-0.1, -0.05) is 31.2 Å². The quantitative estimate of drug-likeness (QED) is 0.432. The molecular formula is C18H25N3O2S2. The number of amides is 1. The Balaban J connectivity index is 2.28. The molecule has 2 rings (SSSR count). The summed E-state index contributed by atoms with van der Waals surface area (Å²) in [5.74, 6) is 0.205. The van der Waals surface area contributed by atoms with Gasteiger partial charge in [0.05, 0.1) is 11.1 Å². The number of hydrogen-bond donors (Lipinski definition) is 1. The molecular weight excluding hydrogens is 354 g/mol. The van der Waals surface area contributed by atoms with Gasteiger partial charge in [-0.15, -0.1) is 17.9 Å². The van der Waals surface area contributed by atoms with Crippen molar-refractivity contribution in [3.63, 3.8) is 0 Å². The number of nitrogens with zero attached hydrogens (tertiary/aromatic N) is 2. The second-order valence-corrected chi connectivity index (χ2v) is 8.25. The van der Waals surface area contributed by atoms with E-state index in [9.17, 15) is 9.59 Å². The van der Waals surface area contributed by atoms with E-state index >= 15 is 0 Å². The van der Waals surface area contributed by atoms with Crippen molar-refractivity contribution >= 4 is 39.2 Å². The minimum Gasteiger partial charge on any atom is -0.353 e. The summed E-state index contributed by atoms with van der Waals surface area (Å²) in [4.78, 5) is 31.4. The van der Waals surface area contributed by atoms with Gasteiger partial charge in [-0.2, -0.15) is 0 Å². The van der Waals surface area contributed by atoms with Gasteiger partial charge in [0.1, 0.15) is 4.83 Å². The molecule has 2 aromatic rings. The molecule has 0 bridgehead atoms. The van der Waals surface area contributed by atoms with E-state index in [-0.39, 0.29) is 23.3 Å². The van der Waals surface area contributed by atoms with Crippen LogP contribution < -0.4 is 10.9 Å². The van der Waals surface area contributed by atoms with E-state index in [0.717, 1.165) is 28.1 Å². The highest BCUT2D eigenvalue weighted by Crippen LogP contribution is 2.28. The third kappa shape index (κ3) is 4.52. The van der Waals surface area contributed by atoms with Crippen LogP contribution in [-0.4, -0.2) is 27.3 Å². The molecule has 1 amide bonds. The summed E-state index contributed by atoms with van der Waals surface area (Å²) < 4.78 is 1.60. The summed E-state index contributed by atoms with van der Waals surface area (Å²) in [5, 5.41) is 4.22. The molecule has 0 aliphatic carbocycles. The fraction of sp³-hybridized carbons (Fsp3) is 0.500. The maximum atomic E-state index is 12.8. The van der Waals surface area contributed by atoms with Crippen molar-refractivity contribution in [1.29, 1.82) is 0 Å². The molecule has 0 aromatic carbocycles. The topological polar surface area (TPSA) is 64.0 Å². The summed E-state index contributed by atoms with van der Waals surface area (Å²) in [6.45, 7) is 12.1. The number of carbonyl (C=O) groups is 1. The monoisotopic (exact) mass is 379 g/mol. The van der Waals surface area contributed by atoms with E-state index in [0.29, 0.717) is 17.1 Å². The highest BCUT2D eigenvalue weighted by Gasteiger charge is 2.17. The van der Waals surface area contributed by atoms with Crippen molar-refractivity contribution in [3.05, 3.63) is 33.4 Å². The average molecular weight is 380 g/mol. The molecule has 0 saturated heterocycles. The standard InChI is InChI=1S/C18H25N3O2S2/c1-6-8-11(3)19-14(22)10-24-18-20-16-15(12(4)13(5)25-16)17(23)21(18)9-7-2/h7,11H,2,6,8-10H2,1,3-5H3,(H,19,22)/t11-/m1/s1. The van der Waals surface area contributed by atoms with Crippen LogP contribution in [0, 0.1) is 13.8 Å². The van der Waals surface area contributed by atoms with Crippen LogP contribution in [-0.2, 0) is 11.3 Å². The van der Waals surface area contributed by atoms with Gasteiger partial charge in [0.15, 0.2) is 5.16 Å². The zero-order valence-corrected chi connectivity index (χ0v) is 16.9. The lowest BCUT2D eigenvalue weighted by Crippen LogP contribution is -2.34. The zero-order chi connectivity index (χ0) is 18.6. The van der Waals surface area contributed by atoms with Crippen molar-refractivity contribution in [1.82, 2.24) is 14.9 Å². The minimum atomic E-state index is -0.0611. The SMILES string of the molecule is C=CCn1c(SCC(=O)N[C@H](C)CCC)nc2sc(C)c(C)c2c1=O. The van der Waals surface area contributed by atoms with Crippen LogP contribution in [0.5, 0.6) is 0 Å². The van der Waals surface area contributed by atoms with Crippen LogP contribution in [0.4, 0.5) is 0 Å². The van der Waals surface area contributed by atoms with Crippen molar-refractivity contribution in [2.45, 2.75) is 58.3 Å². The zero-order valence-electron chi connectivity index (χ0n) is 15.2. The lowest BCUT2D eigenvalue weighted by atomic mass is 10.2. The Labute approximate surface area is 156 Å². The van der Waals surface area contributed by atoms with Crippen molar-refractivity contribution in [2.75, 3.05) is 5.75 Å². The highest BCUT2D eigenvalue weighted by atomic mass is 32.2. The number of thiophene rings is 1. The van der Waals surface area contributed by atoms with Gasteiger partial charge in [-0.3, -0.25) is 14.2 Å². The lowest BCUT2D eigenvalue weighted by Gasteiger charge is -2.13. The molecule has 0 radical (unpaired) electrons. The largest absolute Gasteiger partial charge is 0.353 e. The minimum absolute atomic E-state index is 0.0380. The second kappa shape index (κ2) is 8.67. The van der Waals surface area contributed by atoms with Gasteiger partial charge in [0, 0.05) is 17.5 Å². The average Bonchev–Trinajstić information content (AvgIpc) is 2.83. The van der Waals surface area contributed by atoms with Gasteiger partial charge in [0.2, 0.25) is 5.91 Å². The number of nitrogens with one attached hydrogen (secondary N) is 1. The van der Waals surface area contributed by atoms with Crippen molar-refractivity contribution in [3.8, 4) is 0 Å². The molecule has 0 saturated carbocycles. The Morgan fingerprint density at radius 2 is 2.20 bits per heavy atom. The molecule has 7 heteroatoms. The lowest BCUT2D eigenvalue weighted by molar-refractivity contribution is -0.119. The first kappa shape index (κ1) is 19.7. The van der Waals surface area contributed by atoms with E-state index in [2.05, 4.69) is 23.8 Å². The fourth-order valence-corrected chi connectivity index (χ4v) is 4.55. The van der Waals surface area contributed by atoms with E-state index in [1.54, 1.807) is 10.6 Å². The van der Waals surface area contributed by atoms with Gasteiger partial charge in [-0.25, -0.2) is 4.98 Å². The number of carbonyl (C=O) groups excluding carboxylic acids is 1. The first-order valence-corrected chi connectivity index (χ1v) is 10.2. The fourth-order valence-electron chi connectivity index (χ4n) is 2.66. The molecule has 136 valence electrons. The number of allylic oxidation sites excluding steroid dienone is 1. The Hall–Kier alpha value is -1.60. The maximum absolute atomic E-state index is 12.8. The van der Waals surface area contributed by atoms with Crippen LogP contribution in [0.3, 0.4) is 0 Å². The molecule has 2 heterocycles. The number of aryl methyl sites for hydroxylation is 2. The van der Waals surface area contributed by atoms with Gasteiger partial charge in [-0.05, 0) is 32.8 Å². The van der Waals surface area contributed by atoms with E-state index < -0.39 is 0 Å². The second-order valence-electron chi connectivity index (χ2n) is 6.11. The molecule has 2 aromatic heterocycles. The Morgan fingerprint density at radius 1 is 1.48 bits per heavy atom. The molecule has 0 spiro atoms. The van der Waals surface area contributed by atoms with Gasteiger partial charge >= 0.3 is 0 Å². The predicted molar refractivity (Wildman–Crippen MR) is 107 cm³/mol. The van der Waals surface area contributed by atoms with Crippen LogP contribution in [0.15, 0.2) is 22.6 Å². The Bertz CT molecular complexity index is 839. The summed E-state index contributed by atoms with van der Waals surface area (Å²) >= 11 is 2.82. The smallest absolute Gasteiger partial charge is 0.263 e. The molecule has 25 heavy (non-hydrogen) atoms. The summed E-state index contributed by atoms with van der Waals surface area (Å²) in [6, 6.07) is 0.159. The number of thioether (sulfide) groups is 1. The Morgan fingerprint density at radius 3 is 2.84 bits per heavy atom. The normalized spacial score (nSPS) is 12.3. The maximum Gasteiger partial charge on any atom is 0.263 e. The van der Waals surface area contributed by atoms with Crippen LogP contribution in [0.2, 0.25) is 0 Å². The summed E-state index contributed by atoms with van der Waals surface area (Å²) in [5.41, 5.74) is 0.923. The summed E-state index contributed by atoms with van der Waals surface area (Å²) in [7, 11) is 0.